The molecule has 0 unspecified atom stereocenters. The van der Waals surface area contributed by atoms with Crippen LogP contribution in [-0.2, 0) is 0 Å². The van der Waals surface area contributed by atoms with Crippen molar-refractivity contribution in [2.45, 2.75) is 0 Å². The molecule has 0 radical (unpaired) electrons. The maximum absolute atomic E-state index is 11.2. The fraction of sp³-hybridized carbons (Fsp3) is 0. The van der Waals surface area contributed by atoms with Gasteiger partial charge in [-0.25, -0.2) is 0 Å². The molecule has 5 rings (SSSR count). The quantitative estimate of drug-likeness (QED) is 0.343. The van der Waals surface area contributed by atoms with E-state index in [1.807, 2.05) is 78.9 Å². The summed E-state index contributed by atoms with van der Waals surface area (Å²) in [6, 6.07) is 34.2. The van der Waals surface area contributed by atoms with E-state index in [0.29, 0.717) is 5.56 Å². The lowest BCUT2D eigenvalue weighted by atomic mass is 9.84. The molecular formula is C27H17NO. The highest BCUT2D eigenvalue weighted by Crippen LogP contribution is 2.47. The first-order valence-corrected chi connectivity index (χ1v) is 9.51. The normalized spacial score (nSPS) is 10.9. The van der Waals surface area contributed by atoms with Crippen LogP contribution in [0.4, 0.5) is 0 Å². The lowest BCUT2D eigenvalue weighted by Gasteiger charge is -2.19. The molecule has 136 valence electrons. The largest absolute Gasteiger partial charge is 0.506 e. The zero-order chi connectivity index (χ0) is 19.8. The van der Waals surface area contributed by atoms with E-state index in [-0.39, 0.29) is 5.75 Å². The lowest BCUT2D eigenvalue weighted by molar-refractivity contribution is 0.480. The van der Waals surface area contributed by atoms with Crippen molar-refractivity contribution < 1.29 is 5.11 Å². The Balaban J connectivity index is 2.07. The van der Waals surface area contributed by atoms with Gasteiger partial charge >= 0.3 is 0 Å². The van der Waals surface area contributed by atoms with Crippen molar-refractivity contribution in [3.05, 3.63) is 103 Å². The van der Waals surface area contributed by atoms with E-state index in [4.69, 9.17) is 0 Å². The molecular weight excluding hydrogens is 354 g/mol. The smallest absolute Gasteiger partial charge is 0.142 e. The minimum atomic E-state index is 0.0397. The molecule has 0 aliphatic rings. The lowest BCUT2D eigenvalue weighted by Crippen LogP contribution is -1.94. The topological polar surface area (TPSA) is 44.0 Å². The second-order valence-electron chi connectivity index (χ2n) is 7.03. The van der Waals surface area contributed by atoms with Crippen LogP contribution in [-0.4, -0.2) is 5.11 Å². The number of hydrogen-bond donors (Lipinski definition) is 1. The Hall–Kier alpha value is -4.09. The third-order valence-electron chi connectivity index (χ3n) is 5.41. The van der Waals surface area contributed by atoms with Crippen LogP contribution in [0, 0.1) is 11.3 Å². The van der Waals surface area contributed by atoms with Crippen LogP contribution in [0.5, 0.6) is 5.75 Å². The van der Waals surface area contributed by atoms with Crippen LogP contribution in [0.1, 0.15) is 5.56 Å². The number of fused-ring (bicyclic) bond motifs is 3. The van der Waals surface area contributed by atoms with Crippen molar-refractivity contribution in [3.63, 3.8) is 0 Å². The minimum Gasteiger partial charge on any atom is -0.506 e. The minimum absolute atomic E-state index is 0.0397. The van der Waals surface area contributed by atoms with Crippen molar-refractivity contribution in [1.82, 2.24) is 0 Å². The number of aromatic hydroxyl groups is 1. The van der Waals surface area contributed by atoms with Crippen LogP contribution in [0.2, 0.25) is 0 Å². The molecule has 2 heteroatoms. The number of rotatable bonds is 2. The zero-order valence-corrected chi connectivity index (χ0v) is 15.6. The van der Waals surface area contributed by atoms with E-state index in [1.165, 1.54) is 0 Å². The molecule has 29 heavy (non-hydrogen) atoms. The Labute approximate surface area is 168 Å². The van der Waals surface area contributed by atoms with E-state index in [1.54, 1.807) is 0 Å². The van der Waals surface area contributed by atoms with E-state index in [9.17, 15) is 10.4 Å². The van der Waals surface area contributed by atoms with Gasteiger partial charge in [0.25, 0.3) is 0 Å². The van der Waals surface area contributed by atoms with Crippen molar-refractivity contribution in [3.8, 4) is 34.1 Å². The zero-order valence-electron chi connectivity index (χ0n) is 15.6. The molecule has 0 amide bonds. The summed E-state index contributed by atoms with van der Waals surface area (Å²) in [5, 5.41) is 24.9. The van der Waals surface area contributed by atoms with Gasteiger partial charge in [-0.3, -0.25) is 0 Å². The summed E-state index contributed by atoms with van der Waals surface area (Å²) in [6.07, 6.45) is 0. The Morgan fingerprint density at radius 2 is 1.17 bits per heavy atom. The summed E-state index contributed by atoms with van der Waals surface area (Å²) < 4.78 is 0. The summed E-state index contributed by atoms with van der Waals surface area (Å²) in [5.74, 6) is 0.0397. The van der Waals surface area contributed by atoms with Gasteiger partial charge in [-0.1, -0.05) is 97.1 Å². The summed E-state index contributed by atoms with van der Waals surface area (Å²) in [6.45, 7) is 0. The van der Waals surface area contributed by atoms with Gasteiger partial charge in [-0.2, -0.15) is 5.26 Å². The molecule has 2 nitrogen and oxygen atoms in total. The monoisotopic (exact) mass is 371 g/mol. The molecule has 1 N–H and O–H groups in total. The number of benzene rings is 5. The SMILES string of the molecule is N#Cc1c(-c2ccccc2)c(-c2ccccc2)c2ccc3ccccc3c2c1O. The molecule has 5 aromatic carbocycles. The Morgan fingerprint density at radius 1 is 0.586 bits per heavy atom. The van der Waals surface area contributed by atoms with Gasteiger partial charge < -0.3 is 5.11 Å². The van der Waals surface area contributed by atoms with Crippen LogP contribution >= 0.6 is 0 Å². The predicted molar refractivity (Wildman–Crippen MR) is 119 cm³/mol. The average molecular weight is 371 g/mol. The first-order valence-electron chi connectivity index (χ1n) is 9.51. The standard InChI is InChI=1S/C27H17NO/c28-17-23-25(20-12-5-2-6-13-20)24(19-10-3-1-4-11-19)22-16-15-18-9-7-8-14-21(18)26(22)27(23)29/h1-16,29H. The molecule has 0 aromatic heterocycles. The van der Waals surface area contributed by atoms with Crippen LogP contribution < -0.4 is 0 Å². The second-order valence-corrected chi connectivity index (χ2v) is 7.03. The maximum atomic E-state index is 11.2. The summed E-state index contributed by atoms with van der Waals surface area (Å²) in [7, 11) is 0. The predicted octanol–water partition coefficient (Wildman–Crippen LogP) is 6.90. The molecule has 0 heterocycles. The van der Waals surface area contributed by atoms with E-state index in [0.717, 1.165) is 43.8 Å². The van der Waals surface area contributed by atoms with Crippen molar-refractivity contribution in [2.24, 2.45) is 0 Å². The summed E-state index contributed by atoms with van der Waals surface area (Å²) in [4.78, 5) is 0. The van der Waals surface area contributed by atoms with Crippen molar-refractivity contribution in [1.29, 1.82) is 5.26 Å². The van der Waals surface area contributed by atoms with Gasteiger partial charge in [0, 0.05) is 10.9 Å². The number of hydrogen-bond acceptors (Lipinski definition) is 2. The summed E-state index contributed by atoms with van der Waals surface area (Å²) >= 11 is 0. The van der Waals surface area contributed by atoms with E-state index in [2.05, 4.69) is 24.3 Å². The first-order chi connectivity index (χ1) is 14.3. The van der Waals surface area contributed by atoms with Crippen LogP contribution in [0.25, 0.3) is 43.8 Å². The highest BCUT2D eigenvalue weighted by atomic mass is 16.3. The Kier molecular flexibility index (Phi) is 4.00. The average Bonchev–Trinajstić information content (AvgIpc) is 2.79. The number of phenolic OH excluding ortho intramolecular Hbond substituents is 1. The molecule has 0 saturated carbocycles. The van der Waals surface area contributed by atoms with Gasteiger partial charge in [-0.15, -0.1) is 0 Å². The molecule has 0 fully saturated rings. The molecule has 0 aliphatic heterocycles. The molecule has 0 aliphatic carbocycles. The maximum Gasteiger partial charge on any atom is 0.142 e. The molecule has 0 saturated heterocycles. The number of nitriles is 1. The van der Waals surface area contributed by atoms with Gasteiger partial charge in [0.1, 0.15) is 17.4 Å². The Morgan fingerprint density at radius 3 is 1.83 bits per heavy atom. The third-order valence-corrected chi connectivity index (χ3v) is 5.41. The molecule has 0 atom stereocenters. The van der Waals surface area contributed by atoms with Crippen LogP contribution in [0.3, 0.4) is 0 Å². The van der Waals surface area contributed by atoms with Crippen molar-refractivity contribution in [2.75, 3.05) is 0 Å². The van der Waals surface area contributed by atoms with Crippen LogP contribution in [0.15, 0.2) is 97.1 Å². The third kappa shape index (κ3) is 2.64. The Bertz CT molecular complexity index is 1400. The van der Waals surface area contributed by atoms with Gasteiger partial charge in [0.2, 0.25) is 0 Å². The molecule has 0 spiro atoms. The van der Waals surface area contributed by atoms with E-state index >= 15 is 0 Å². The van der Waals surface area contributed by atoms with Crippen molar-refractivity contribution >= 4 is 21.5 Å². The first kappa shape index (κ1) is 17.0. The summed E-state index contributed by atoms with van der Waals surface area (Å²) in [5.41, 5.74) is 3.96. The fourth-order valence-electron chi connectivity index (χ4n) is 4.15. The molecule has 5 aromatic rings. The van der Waals surface area contributed by atoms with Gasteiger partial charge in [0.05, 0.1) is 0 Å². The van der Waals surface area contributed by atoms with Gasteiger partial charge in [-0.05, 0) is 32.8 Å². The highest BCUT2D eigenvalue weighted by molar-refractivity contribution is 6.19. The molecule has 0 bridgehead atoms. The second kappa shape index (κ2) is 6.82. The van der Waals surface area contributed by atoms with Gasteiger partial charge in [0.15, 0.2) is 0 Å². The number of phenols is 1. The number of nitrogens with zero attached hydrogens (tertiary/aromatic N) is 1. The van der Waals surface area contributed by atoms with E-state index < -0.39 is 0 Å². The highest BCUT2D eigenvalue weighted by Gasteiger charge is 2.22. The fourth-order valence-corrected chi connectivity index (χ4v) is 4.15.